The number of nitrogens with zero attached hydrogens (tertiary/aromatic N) is 2. The number of sulfonamides is 1. The standard InChI is InChI=1S/C26H29Cl2N3O5S/c1-2-22(25(33)29-17-9-4-3-5-10-17)30(15-19-20(27)12-8-13-21(19)28)24(32)16-31-26(34)18-11-6-7-14-23(18)37(31,35)36/h6-8,11-14,17,22H,2-5,9-10,15-16H2,1H3,(H,29,33). The van der Waals surface area contributed by atoms with E-state index < -0.39 is 34.4 Å². The van der Waals surface area contributed by atoms with Gasteiger partial charge in [-0.3, -0.25) is 14.4 Å². The van der Waals surface area contributed by atoms with Crippen molar-refractivity contribution in [3.05, 3.63) is 63.6 Å². The van der Waals surface area contributed by atoms with Gasteiger partial charge in [-0.2, -0.15) is 0 Å². The molecular weight excluding hydrogens is 537 g/mol. The summed E-state index contributed by atoms with van der Waals surface area (Å²) in [4.78, 5) is 41.2. The SMILES string of the molecule is CCC(C(=O)NC1CCCCC1)N(Cc1c(Cl)cccc1Cl)C(=O)CN1C(=O)c2ccccc2S1(=O)=O. The third kappa shape index (κ3) is 5.63. The average Bonchev–Trinajstić information content (AvgIpc) is 3.07. The lowest BCUT2D eigenvalue weighted by atomic mass is 9.95. The summed E-state index contributed by atoms with van der Waals surface area (Å²) in [5.41, 5.74) is 0.445. The summed E-state index contributed by atoms with van der Waals surface area (Å²) in [7, 11) is -4.21. The molecule has 37 heavy (non-hydrogen) atoms. The van der Waals surface area contributed by atoms with Gasteiger partial charge in [-0.25, -0.2) is 12.7 Å². The second kappa shape index (κ2) is 11.4. The minimum absolute atomic E-state index is 0.0121. The van der Waals surface area contributed by atoms with Gasteiger partial charge < -0.3 is 10.2 Å². The lowest BCUT2D eigenvalue weighted by Gasteiger charge is -2.33. The van der Waals surface area contributed by atoms with Crippen LogP contribution in [0.1, 0.15) is 61.4 Å². The van der Waals surface area contributed by atoms with E-state index in [2.05, 4.69) is 5.32 Å². The summed E-state index contributed by atoms with van der Waals surface area (Å²) in [5, 5.41) is 3.68. The zero-order valence-corrected chi connectivity index (χ0v) is 22.8. The van der Waals surface area contributed by atoms with Gasteiger partial charge in [0, 0.05) is 28.2 Å². The molecule has 0 radical (unpaired) electrons. The Morgan fingerprint density at radius 1 is 1.05 bits per heavy atom. The summed E-state index contributed by atoms with van der Waals surface area (Å²) < 4.78 is 26.7. The van der Waals surface area contributed by atoms with Crippen molar-refractivity contribution >= 4 is 50.9 Å². The Bertz CT molecular complexity index is 1290. The largest absolute Gasteiger partial charge is 0.352 e. The van der Waals surface area contributed by atoms with Gasteiger partial charge in [0.15, 0.2) is 0 Å². The first kappa shape index (κ1) is 27.4. The minimum atomic E-state index is -4.21. The molecular formula is C26H29Cl2N3O5S. The predicted octanol–water partition coefficient (Wildman–Crippen LogP) is 4.39. The molecule has 0 aromatic heterocycles. The van der Waals surface area contributed by atoms with Crippen LogP contribution in [-0.4, -0.2) is 54.0 Å². The van der Waals surface area contributed by atoms with Gasteiger partial charge in [0.05, 0.1) is 5.56 Å². The molecule has 0 bridgehead atoms. The van der Waals surface area contributed by atoms with Crippen LogP contribution in [0.3, 0.4) is 0 Å². The number of rotatable bonds is 8. The van der Waals surface area contributed by atoms with E-state index in [0.717, 1.165) is 32.1 Å². The Labute approximate surface area is 227 Å². The fraction of sp³-hybridized carbons (Fsp3) is 0.423. The first-order chi connectivity index (χ1) is 17.6. The number of carbonyl (C=O) groups is 3. The minimum Gasteiger partial charge on any atom is -0.352 e. The van der Waals surface area contributed by atoms with Crippen molar-refractivity contribution in [2.24, 2.45) is 0 Å². The molecule has 1 fully saturated rings. The van der Waals surface area contributed by atoms with Crippen molar-refractivity contribution in [2.45, 2.75) is 69.0 Å². The molecule has 2 aromatic carbocycles. The highest BCUT2D eigenvalue weighted by molar-refractivity contribution is 7.90. The molecule has 1 unspecified atom stereocenters. The second-order valence-corrected chi connectivity index (χ2v) is 11.9. The molecule has 1 N–H and O–H groups in total. The highest BCUT2D eigenvalue weighted by atomic mass is 35.5. The molecule has 1 aliphatic heterocycles. The smallest absolute Gasteiger partial charge is 0.269 e. The fourth-order valence-corrected chi connectivity index (χ4v) is 6.95. The summed E-state index contributed by atoms with van der Waals surface area (Å²) in [6.45, 7) is 0.904. The Kier molecular flexibility index (Phi) is 8.46. The van der Waals surface area contributed by atoms with E-state index in [1.54, 1.807) is 31.2 Å². The molecule has 2 aliphatic rings. The van der Waals surface area contributed by atoms with Crippen LogP contribution in [0, 0.1) is 0 Å². The molecule has 4 rings (SSSR count). The van der Waals surface area contributed by atoms with Gasteiger partial charge in [0.1, 0.15) is 17.5 Å². The molecule has 2 aromatic rings. The molecule has 11 heteroatoms. The molecule has 1 heterocycles. The second-order valence-electron chi connectivity index (χ2n) is 9.30. The maximum Gasteiger partial charge on any atom is 0.269 e. The predicted molar refractivity (Wildman–Crippen MR) is 141 cm³/mol. The lowest BCUT2D eigenvalue weighted by Crippen LogP contribution is -2.53. The topological polar surface area (TPSA) is 104 Å². The van der Waals surface area contributed by atoms with Crippen molar-refractivity contribution in [2.75, 3.05) is 6.54 Å². The van der Waals surface area contributed by atoms with Crippen molar-refractivity contribution in [3.63, 3.8) is 0 Å². The van der Waals surface area contributed by atoms with Gasteiger partial charge in [-0.15, -0.1) is 0 Å². The summed E-state index contributed by atoms with van der Waals surface area (Å²) in [6.07, 6.45) is 5.17. The summed E-state index contributed by atoms with van der Waals surface area (Å²) in [6, 6.07) is 9.85. The van der Waals surface area contributed by atoms with E-state index in [4.69, 9.17) is 23.2 Å². The number of amides is 3. The van der Waals surface area contributed by atoms with E-state index in [0.29, 0.717) is 19.9 Å². The normalized spacial score (nSPS) is 17.8. The summed E-state index contributed by atoms with van der Waals surface area (Å²) in [5.74, 6) is -1.81. The van der Waals surface area contributed by atoms with Crippen LogP contribution in [0.4, 0.5) is 0 Å². The lowest BCUT2D eigenvalue weighted by molar-refractivity contribution is -0.141. The number of benzene rings is 2. The van der Waals surface area contributed by atoms with E-state index in [1.165, 1.54) is 23.1 Å². The van der Waals surface area contributed by atoms with E-state index >= 15 is 0 Å². The summed E-state index contributed by atoms with van der Waals surface area (Å²) >= 11 is 12.8. The number of nitrogens with one attached hydrogen (secondary N) is 1. The van der Waals surface area contributed by atoms with E-state index in [1.807, 2.05) is 0 Å². The Morgan fingerprint density at radius 2 is 1.70 bits per heavy atom. The van der Waals surface area contributed by atoms with Gasteiger partial charge in [-0.05, 0) is 43.5 Å². The Hall–Kier alpha value is -2.62. The fourth-order valence-electron chi connectivity index (χ4n) is 4.92. The zero-order chi connectivity index (χ0) is 26.7. The zero-order valence-electron chi connectivity index (χ0n) is 20.5. The molecule has 198 valence electrons. The maximum atomic E-state index is 13.7. The van der Waals surface area contributed by atoms with Gasteiger partial charge in [0.2, 0.25) is 11.8 Å². The third-order valence-electron chi connectivity index (χ3n) is 6.92. The van der Waals surface area contributed by atoms with Crippen molar-refractivity contribution < 1.29 is 22.8 Å². The van der Waals surface area contributed by atoms with Crippen LogP contribution in [0.5, 0.6) is 0 Å². The Balaban J connectivity index is 1.64. The quantitative estimate of drug-likeness (QED) is 0.511. The van der Waals surface area contributed by atoms with E-state index in [-0.39, 0.29) is 35.4 Å². The number of carbonyl (C=O) groups excluding carboxylic acids is 3. The van der Waals surface area contributed by atoms with Crippen LogP contribution in [0.15, 0.2) is 47.4 Å². The first-order valence-corrected chi connectivity index (χ1v) is 14.5. The van der Waals surface area contributed by atoms with E-state index in [9.17, 15) is 22.8 Å². The number of hydrogen-bond donors (Lipinski definition) is 1. The van der Waals surface area contributed by atoms with Crippen LogP contribution >= 0.6 is 23.2 Å². The molecule has 1 saturated carbocycles. The number of hydrogen-bond acceptors (Lipinski definition) is 5. The maximum absolute atomic E-state index is 13.7. The number of fused-ring (bicyclic) bond motifs is 1. The van der Waals surface area contributed by atoms with Gasteiger partial charge in [0.25, 0.3) is 15.9 Å². The van der Waals surface area contributed by atoms with Crippen LogP contribution in [0.2, 0.25) is 10.0 Å². The van der Waals surface area contributed by atoms with Gasteiger partial charge in [-0.1, -0.05) is 67.6 Å². The molecule has 1 atom stereocenters. The highest BCUT2D eigenvalue weighted by Gasteiger charge is 2.43. The van der Waals surface area contributed by atoms with Crippen LogP contribution in [0.25, 0.3) is 0 Å². The van der Waals surface area contributed by atoms with Crippen molar-refractivity contribution in [1.29, 1.82) is 0 Å². The highest BCUT2D eigenvalue weighted by Crippen LogP contribution is 2.31. The average molecular weight is 567 g/mol. The Morgan fingerprint density at radius 3 is 2.32 bits per heavy atom. The first-order valence-electron chi connectivity index (χ1n) is 12.3. The van der Waals surface area contributed by atoms with Crippen molar-refractivity contribution in [3.8, 4) is 0 Å². The molecule has 3 amide bonds. The molecule has 0 saturated heterocycles. The van der Waals surface area contributed by atoms with Crippen LogP contribution < -0.4 is 5.32 Å². The van der Waals surface area contributed by atoms with Crippen molar-refractivity contribution in [1.82, 2.24) is 14.5 Å². The molecule has 0 spiro atoms. The molecule has 1 aliphatic carbocycles. The monoisotopic (exact) mass is 565 g/mol. The third-order valence-corrected chi connectivity index (χ3v) is 9.41. The number of halogens is 2. The molecule has 8 nitrogen and oxygen atoms in total. The van der Waals surface area contributed by atoms with Crippen LogP contribution in [-0.2, 0) is 26.2 Å². The van der Waals surface area contributed by atoms with Gasteiger partial charge >= 0.3 is 0 Å².